The van der Waals surface area contributed by atoms with Gasteiger partial charge in [-0.25, -0.2) is 4.98 Å². The van der Waals surface area contributed by atoms with E-state index in [-0.39, 0.29) is 0 Å². The Kier molecular flexibility index (Phi) is 3.60. The maximum atomic E-state index is 5.89. The van der Waals surface area contributed by atoms with Gasteiger partial charge in [0, 0.05) is 12.6 Å². The van der Waals surface area contributed by atoms with Crippen molar-refractivity contribution in [2.24, 2.45) is 5.73 Å². The standard InChI is InChI=1S/C15H19N3O2/c1-19-14-5-2-11(7-16)6-15(14)20-9-13-8-17-10-18(13)12-3-4-12/h2,5-6,8,10,12H,3-4,7,9,16H2,1H3. The van der Waals surface area contributed by atoms with Gasteiger partial charge in [0.1, 0.15) is 6.61 Å². The van der Waals surface area contributed by atoms with Crippen LogP contribution in [0.1, 0.15) is 30.1 Å². The Hall–Kier alpha value is -2.01. The van der Waals surface area contributed by atoms with E-state index in [1.165, 1.54) is 12.8 Å². The largest absolute Gasteiger partial charge is 0.493 e. The maximum absolute atomic E-state index is 5.89. The summed E-state index contributed by atoms with van der Waals surface area (Å²) >= 11 is 0. The van der Waals surface area contributed by atoms with Gasteiger partial charge in [-0.3, -0.25) is 0 Å². The first kappa shape index (κ1) is 13.0. The second kappa shape index (κ2) is 5.54. The summed E-state index contributed by atoms with van der Waals surface area (Å²) < 4.78 is 13.4. The van der Waals surface area contributed by atoms with Gasteiger partial charge in [-0.1, -0.05) is 6.07 Å². The monoisotopic (exact) mass is 273 g/mol. The number of nitrogens with two attached hydrogens (primary N) is 1. The molecular formula is C15H19N3O2. The number of rotatable bonds is 6. The van der Waals surface area contributed by atoms with Crippen LogP contribution >= 0.6 is 0 Å². The van der Waals surface area contributed by atoms with Crippen LogP contribution in [0.15, 0.2) is 30.7 Å². The Labute approximate surface area is 118 Å². The van der Waals surface area contributed by atoms with Crippen LogP contribution in [0.5, 0.6) is 11.5 Å². The summed E-state index contributed by atoms with van der Waals surface area (Å²) in [6, 6.07) is 6.36. The van der Waals surface area contributed by atoms with E-state index in [1.807, 2.05) is 30.7 Å². The van der Waals surface area contributed by atoms with Gasteiger partial charge in [-0.15, -0.1) is 0 Å². The molecule has 1 aromatic heterocycles. The molecule has 1 saturated carbocycles. The minimum Gasteiger partial charge on any atom is -0.493 e. The molecule has 5 heteroatoms. The van der Waals surface area contributed by atoms with E-state index in [4.69, 9.17) is 15.2 Å². The van der Waals surface area contributed by atoms with Gasteiger partial charge in [0.15, 0.2) is 11.5 Å². The van der Waals surface area contributed by atoms with Crippen LogP contribution in [0.3, 0.4) is 0 Å². The summed E-state index contributed by atoms with van der Waals surface area (Å²) in [5.74, 6) is 1.44. The van der Waals surface area contributed by atoms with E-state index in [9.17, 15) is 0 Å². The molecule has 0 aliphatic heterocycles. The number of aromatic nitrogens is 2. The number of hydrogen-bond acceptors (Lipinski definition) is 4. The molecule has 0 atom stereocenters. The lowest BCUT2D eigenvalue weighted by molar-refractivity contribution is 0.275. The molecule has 20 heavy (non-hydrogen) atoms. The van der Waals surface area contributed by atoms with Crippen LogP contribution in [0.25, 0.3) is 0 Å². The third-order valence-corrected chi connectivity index (χ3v) is 3.53. The second-order valence-corrected chi connectivity index (χ2v) is 5.00. The van der Waals surface area contributed by atoms with E-state index >= 15 is 0 Å². The fourth-order valence-electron chi connectivity index (χ4n) is 2.24. The van der Waals surface area contributed by atoms with Crippen LogP contribution in [-0.2, 0) is 13.2 Å². The van der Waals surface area contributed by atoms with Crippen molar-refractivity contribution in [2.45, 2.75) is 32.0 Å². The highest BCUT2D eigenvalue weighted by molar-refractivity contribution is 5.43. The maximum Gasteiger partial charge on any atom is 0.162 e. The summed E-state index contributed by atoms with van der Waals surface area (Å²) in [6.07, 6.45) is 6.20. The highest BCUT2D eigenvalue weighted by atomic mass is 16.5. The van der Waals surface area contributed by atoms with Crippen molar-refractivity contribution < 1.29 is 9.47 Å². The summed E-state index contributed by atoms with van der Waals surface area (Å²) in [4.78, 5) is 4.20. The van der Waals surface area contributed by atoms with Crippen molar-refractivity contribution in [2.75, 3.05) is 7.11 Å². The van der Waals surface area contributed by atoms with Gasteiger partial charge in [0.25, 0.3) is 0 Å². The Morgan fingerprint density at radius 3 is 2.90 bits per heavy atom. The Morgan fingerprint density at radius 1 is 1.35 bits per heavy atom. The summed E-state index contributed by atoms with van der Waals surface area (Å²) in [5, 5.41) is 0. The van der Waals surface area contributed by atoms with Gasteiger partial charge >= 0.3 is 0 Å². The molecule has 106 valence electrons. The van der Waals surface area contributed by atoms with Crippen LogP contribution in [0.4, 0.5) is 0 Å². The molecule has 1 aromatic carbocycles. The molecule has 1 aliphatic rings. The molecular weight excluding hydrogens is 254 g/mol. The molecule has 0 radical (unpaired) electrons. The molecule has 0 spiro atoms. The van der Waals surface area contributed by atoms with E-state index < -0.39 is 0 Å². The predicted octanol–water partition coefficient (Wildman–Crippen LogP) is 2.26. The first-order valence-electron chi connectivity index (χ1n) is 6.82. The van der Waals surface area contributed by atoms with Crippen molar-refractivity contribution in [1.29, 1.82) is 0 Å². The van der Waals surface area contributed by atoms with Gasteiger partial charge < -0.3 is 19.8 Å². The highest BCUT2D eigenvalue weighted by Crippen LogP contribution is 2.36. The normalized spacial score (nSPS) is 14.3. The molecule has 0 unspecified atom stereocenters. The van der Waals surface area contributed by atoms with Crippen molar-refractivity contribution in [1.82, 2.24) is 9.55 Å². The lowest BCUT2D eigenvalue weighted by atomic mass is 10.2. The lowest BCUT2D eigenvalue weighted by Crippen LogP contribution is -2.05. The van der Waals surface area contributed by atoms with Gasteiger partial charge in [0.2, 0.25) is 0 Å². The summed E-state index contributed by atoms with van der Waals surface area (Å²) in [5.41, 5.74) is 7.78. The Morgan fingerprint density at radius 2 is 2.20 bits per heavy atom. The third-order valence-electron chi connectivity index (χ3n) is 3.53. The molecule has 1 fully saturated rings. The zero-order valence-corrected chi connectivity index (χ0v) is 11.6. The van der Waals surface area contributed by atoms with Crippen LogP contribution in [0.2, 0.25) is 0 Å². The van der Waals surface area contributed by atoms with Crippen LogP contribution in [-0.4, -0.2) is 16.7 Å². The number of methoxy groups -OCH3 is 1. The zero-order chi connectivity index (χ0) is 13.9. The molecule has 3 rings (SSSR count). The summed E-state index contributed by atoms with van der Waals surface area (Å²) in [7, 11) is 1.64. The quantitative estimate of drug-likeness (QED) is 0.877. The lowest BCUT2D eigenvalue weighted by Gasteiger charge is -2.13. The summed E-state index contributed by atoms with van der Waals surface area (Å²) in [6.45, 7) is 0.973. The van der Waals surface area contributed by atoms with Crippen LogP contribution in [0, 0.1) is 0 Å². The van der Waals surface area contributed by atoms with E-state index in [0.717, 1.165) is 22.8 Å². The van der Waals surface area contributed by atoms with E-state index in [1.54, 1.807) is 7.11 Å². The Bertz CT molecular complexity index is 591. The first-order valence-corrected chi connectivity index (χ1v) is 6.82. The second-order valence-electron chi connectivity index (χ2n) is 5.00. The van der Waals surface area contributed by atoms with Gasteiger partial charge in [0.05, 0.1) is 25.3 Å². The van der Waals surface area contributed by atoms with E-state index in [0.29, 0.717) is 19.2 Å². The fraction of sp³-hybridized carbons (Fsp3) is 0.400. The number of benzene rings is 1. The molecule has 0 amide bonds. The number of nitrogens with zero attached hydrogens (tertiary/aromatic N) is 2. The molecule has 0 bridgehead atoms. The number of ether oxygens (including phenoxy) is 2. The highest BCUT2D eigenvalue weighted by Gasteiger charge is 2.25. The minimum atomic E-state index is 0.486. The average Bonchev–Trinajstić information content (AvgIpc) is 3.23. The van der Waals surface area contributed by atoms with Crippen molar-refractivity contribution in [3.8, 4) is 11.5 Å². The minimum absolute atomic E-state index is 0.486. The average molecular weight is 273 g/mol. The smallest absolute Gasteiger partial charge is 0.162 e. The van der Waals surface area contributed by atoms with Gasteiger partial charge in [-0.05, 0) is 30.5 Å². The molecule has 5 nitrogen and oxygen atoms in total. The van der Waals surface area contributed by atoms with Crippen molar-refractivity contribution in [3.63, 3.8) is 0 Å². The molecule has 1 aliphatic carbocycles. The fourth-order valence-corrected chi connectivity index (χ4v) is 2.24. The molecule has 2 N–H and O–H groups in total. The first-order chi connectivity index (χ1) is 9.81. The van der Waals surface area contributed by atoms with Gasteiger partial charge in [-0.2, -0.15) is 0 Å². The topological polar surface area (TPSA) is 62.3 Å². The zero-order valence-electron chi connectivity index (χ0n) is 11.6. The third kappa shape index (κ3) is 2.63. The predicted molar refractivity (Wildman–Crippen MR) is 75.7 cm³/mol. The number of imidazole rings is 1. The van der Waals surface area contributed by atoms with Crippen molar-refractivity contribution in [3.05, 3.63) is 42.0 Å². The van der Waals surface area contributed by atoms with E-state index in [2.05, 4.69) is 9.55 Å². The SMILES string of the molecule is COc1ccc(CN)cc1OCc1cncn1C1CC1. The molecule has 2 aromatic rings. The number of hydrogen-bond donors (Lipinski definition) is 1. The molecule has 1 heterocycles. The van der Waals surface area contributed by atoms with Crippen LogP contribution < -0.4 is 15.2 Å². The van der Waals surface area contributed by atoms with Crippen molar-refractivity contribution >= 4 is 0 Å². The Balaban J connectivity index is 1.75. The molecule has 0 saturated heterocycles.